The van der Waals surface area contributed by atoms with E-state index in [-0.39, 0.29) is 11.9 Å². The van der Waals surface area contributed by atoms with Crippen molar-refractivity contribution < 1.29 is 9.32 Å². The SMILES string of the molecule is Cc1cc(NC(=O)C(C)NC(C)c2nnc3n2CCCC3)on1. The number of rotatable bonds is 5. The van der Waals surface area contributed by atoms with Crippen molar-refractivity contribution in [1.82, 2.24) is 25.2 Å². The Morgan fingerprint density at radius 2 is 2.17 bits per heavy atom. The second-order valence-electron chi connectivity index (χ2n) is 6.02. The van der Waals surface area contributed by atoms with Gasteiger partial charge in [-0.1, -0.05) is 5.16 Å². The third-order valence-electron chi connectivity index (χ3n) is 4.04. The zero-order valence-corrected chi connectivity index (χ0v) is 13.7. The van der Waals surface area contributed by atoms with Gasteiger partial charge in [0.2, 0.25) is 11.8 Å². The second kappa shape index (κ2) is 6.49. The van der Waals surface area contributed by atoms with Gasteiger partial charge in [0.1, 0.15) is 11.6 Å². The fraction of sp³-hybridized carbons (Fsp3) is 0.600. The van der Waals surface area contributed by atoms with E-state index in [0.717, 1.165) is 43.1 Å². The molecule has 0 spiro atoms. The summed E-state index contributed by atoms with van der Waals surface area (Å²) in [6, 6.07) is 1.22. The number of hydrogen-bond acceptors (Lipinski definition) is 6. The molecule has 8 nitrogen and oxygen atoms in total. The summed E-state index contributed by atoms with van der Waals surface area (Å²) < 4.78 is 7.16. The van der Waals surface area contributed by atoms with Gasteiger partial charge in [0.05, 0.1) is 17.8 Å². The van der Waals surface area contributed by atoms with Crippen LogP contribution < -0.4 is 10.6 Å². The first-order chi connectivity index (χ1) is 11.0. The molecule has 8 heteroatoms. The van der Waals surface area contributed by atoms with Crippen LogP contribution in [0.3, 0.4) is 0 Å². The molecular weight excluding hydrogens is 296 g/mol. The highest BCUT2D eigenvalue weighted by Gasteiger charge is 2.23. The number of anilines is 1. The zero-order chi connectivity index (χ0) is 16.4. The van der Waals surface area contributed by atoms with Gasteiger partial charge in [-0.15, -0.1) is 10.2 Å². The van der Waals surface area contributed by atoms with E-state index in [1.54, 1.807) is 13.0 Å². The molecule has 0 saturated heterocycles. The average molecular weight is 318 g/mol. The van der Waals surface area contributed by atoms with Crippen LogP contribution in [0.25, 0.3) is 0 Å². The van der Waals surface area contributed by atoms with Crippen molar-refractivity contribution in [1.29, 1.82) is 0 Å². The third-order valence-corrected chi connectivity index (χ3v) is 4.04. The fourth-order valence-electron chi connectivity index (χ4n) is 2.83. The Morgan fingerprint density at radius 3 is 2.91 bits per heavy atom. The van der Waals surface area contributed by atoms with Crippen LogP contribution in [0, 0.1) is 6.92 Å². The molecule has 0 radical (unpaired) electrons. The molecule has 1 aliphatic rings. The van der Waals surface area contributed by atoms with Gasteiger partial charge in [-0.05, 0) is 33.6 Å². The summed E-state index contributed by atoms with van der Waals surface area (Å²) >= 11 is 0. The minimum absolute atomic E-state index is 0.0634. The molecule has 0 bridgehead atoms. The molecule has 1 aliphatic heterocycles. The van der Waals surface area contributed by atoms with E-state index in [2.05, 4.69) is 30.6 Å². The molecule has 1 amide bonds. The zero-order valence-electron chi connectivity index (χ0n) is 13.7. The summed E-state index contributed by atoms with van der Waals surface area (Å²) in [5.74, 6) is 2.10. The monoisotopic (exact) mass is 318 g/mol. The molecule has 0 aliphatic carbocycles. The first-order valence-corrected chi connectivity index (χ1v) is 7.97. The van der Waals surface area contributed by atoms with Crippen LogP contribution in [0.15, 0.2) is 10.6 Å². The van der Waals surface area contributed by atoms with Gasteiger partial charge in [-0.2, -0.15) is 0 Å². The Labute approximate surface area is 134 Å². The summed E-state index contributed by atoms with van der Waals surface area (Å²) in [5.41, 5.74) is 0.726. The number of fused-ring (bicyclic) bond motifs is 1. The van der Waals surface area contributed by atoms with E-state index in [0.29, 0.717) is 5.88 Å². The highest BCUT2D eigenvalue weighted by atomic mass is 16.5. The topological polar surface area (TPSA) is 97.9 Å². The molecule has 2 unspecified atom stereocenters. The first kappa shape index (κ1) is 15.7. The Hall–Kier alpha value is -2.22. The number of aromatic nitrogens is 4. The van der Waals surface area contributed by atoms with E-state index in [1.807, 2.05) is 13.8 Å². The molecule has 2 atom stereocenters. The van der Waals surface area contributed by atoms with Gasteiger partial charge in [0.15, 0.2) is 0 Å². The maximum atomic E-state index is 12.2. The smallest absolute Gasteiger partial charge is 0.243 e. The predicted molar refractivity (Wildman–Crippen MR) is 83.8 cm³/mol. The summed E-state index contributed by atoms with van der Waals surface area (Å²) in [5, 5.41) is 18.2. The van der Waals surface area contributed by atoms with Crippen molar-refractivity contribution in [3.8, 4) is 0 Å². The van der Waals surface area contributed by atoms with Gasteiger partial charge in [0, 0.05) is 19.0 Å². The molecule has 2 aromatic rings. The molecule has 2 N–H and O–H groups in total. The van der Waals surface area contributed by atoms with Crippen LogP contribution in [0.2, 0.25) is 0 Å². The quantitative estimate of drug-likeness (QED) is 0.869. The Morgan fingerprint density at radius 1 is 1.35 bits per heavy atom. The molecule has 3 rings (SSSR count). The van der Waals surface area contributed by atoms with E-state index in [9.17, 15) is 4.79 Å². The number of amides is 1. The number of hydrogen-bond donors (Lipinski definition) is 2. The Kier molecular flexibility index (Phi) is 4.42. The summed E-state index contributed by atoms with van der Waals surface area (Å²) in [6.07, 6.45) is 3.28. The van der Waals surface area contributed by atoms with E-state index in [1.165, 1.54) is 0 Å². The van der Waals surface area contributed by atoms with Crippen molar-refractivity contribution in [3.63, 3.8) is 0 Å². The largest absolute Gasteiger partial charge is 0.338 e. The lowest BCUT2D eigenvalue weighted by molar-refractivity contribution is -0.118. The number of nitrogens with zero attached hydrogens (tertiary/aromatic N) is 4. The number of nitrogens with one attached hydrogen (secondary N) is 2. The normalized spacial score (nSPS) is 16.7. The predicted octanol–water partition coefficient (Wildman–Crippen LogP) is 1.59. The summed E-state index contributed by atoms with van der Waals surface area (Å²) in [6.45, 7) is 6.55. The van der Waals surface area contributed by atoms with Gasteiger partial charge in [0.25, 0.3) is 0 Å². The van der Waals surface area contributed by atoms with Crippen LogP contribution in [0.5, 0.6) is 0 Å². The number of carbonyl (C=O) groups excluding carboxylic acids is 1. The Bertz CT molecular complexity index is 692. The van der Waals surface area contributed by atoms with Gasteiger partial charge >= 0.3 is 0 Å². The molecule has 3 heterocycles. The van der Waals surface area contributed by atoms with Crippen LogP contribution in [-0.2, 0) is 17.8 Å². The molecule has 0 saturated carbocycles. The third kappa shape index (κ3) is 3.42. The van der Waals surface area contributed by atoms with Gasteiger partial charge in [-0.25, -0.2) is 0 Å². The average Bonchev–Trinajstić information content (AvgIpc) is 3.13. The van der Waals surface area contributed by atoms with Gasteiger partial charge in [-0.3, -0.25) is 15.4 Å². The van der Waals surface area contributed by atoms with Crippen LogP contribution in [0.1, 0.15) is 50.1 Å². The lowest BCUT2D eigenvalue weighted by Gasteiger charge is -2.21. The molecule has 2 aromatic heterocycles. The van der Waals surface area contributed by atoms with Crippen LogP contribution in [0.4, 0.5) is 5.88 Å². The summed E-state index contributed by atoms with van der Waals surface area (Å²) in [4.78, 5) is 12.2. The highest BCUT2D eigenvalue weighted by Crippen LogP contribution is 2.19. The van der Waals surface area contributed by atoms with Crippen LogP contribution in [-0.4, -0.2) is 31.9 Å². The molecule has 0 fully saturated rings. The van der Waals surface area contributed by atoms with Crippen LogP contribution >= 0.6 is 0 Å². The maximum Gasteiger partial charge on any atom is 0.243 e. The molecule has 0 aromatic carbocycles. The van der Waals surface area contributed by atoms with Crippen molar-refractivity contribution in [2.24, 2.45) is 0 Å². The minimum atomic E-state index is -0.396. The van der Waals surface area contributed by atoms with Crippen molar-refractivity contribution in [3.05, 3.63) is 23.4 Å². The molecular formula is C15H22N6O2. The van der Waals surface area contributed by atoms with E-state index >= 15 is 0 Å². The van der Waals surface area contributed by atoms with Crippen molar-refractivity contribution in [2.45, 2.75) is 58.7 Å². The molecule has 124 valence electrons. The number of carbonyl (C=O) groups is 1. The summed E-state index contributed by atoms with van der Waals surface area (Å²) in [7, 11) is 0. The molecule has 23 heavy (non-hydrogen) atoms. The number of aryl methyl sites for hydroxylation is 2. The van der Waals surface area contributed by atoms with E-state index in [4.69, 9.17) is 4.52 Å². The highest BCUT2D eigenvalue weighted by molar-refractivity contribution is 5.93. The lowest BCUT2D eigenvalue weighted by Crippen LogP contribution is -2.40. The maximum absolute atomic E-state index is 12.2. The minimum Gasteiger partial charge on any atom is -0.338 e. The standard InChI is InChI=1S/C15H22N6O2/c1-9-8-13(23-20-9)17-15(22)11(3)16-10(2)14-19-18-12-6-4-5-7-21(12)14/h8,10-11,16H,4-7H2,1-3H3,(H,17,22). The van der Waals surface area contributed by atoms with E-state index < -0.39 is 6.04 Å². The Balaban J connectivity index is 1.61. The second-order valence-corrected chi connectivity index (χ2v) is 6.02. The lowest BCUT2D eigenvalue weighted by atomic mass is 10.1. The van der Waals surface area contributed by atoms with Gasteiger partial charge < -0.3 is 9.09 Å². The van der Waals surface area contributed by atoms with Crippen molar-refractivity contribution in [2.75, 3.05) is 5.32 Å². The fourth-order valence-corrected chi connectivity index (χ4v) is 2.83. The first-order valence-electron chi connectivity index (χ1n) is 7.97. The van der Waals surface area contributed by atoms with Crippen molar-refractivity contribution >= 4 is 11.8 Å².